The molecule has 1 rings (SSSR count). The van der Waals surface area contributed by atoms with Crippen LogP contribution in [0.1, 0.15) is 5.56 Å². The van der Waals surface area contributed by atoms with Crippen LogP contribution in [0.2, 0.25) is 0 Å². The molecule has 1 aromatic heterocycles. The van der Waals surface area contributed by atoms with Crippen LogP contribution in [-0.2, 0) is 11.3 Å². The van der Waals surface area contributed by atoms with Crippen LogP contribution < -0.4 is 16.0 Å². The number of nitrogens with one attached hydrogen (secondary N) is 1. The van der Waals surface area contributed by atoms with Crippen molar-refractivity contribution in [3.8, 4) is 0 Å². The summed E-state index contributed by atoms with van der Waals surface area (Å²) in [6, 6.07) is 3.74. The van der Waals surface area contributed by atoms with Gasteiger partial charge in [0.15, 0.2) is 0 Å². The second kappa shape index (κ2) is 5.31. The minimum absolute atomic E-state index is 0.0440. The molecule has 0 saturated heterocycles. The summed E-state index contributed by atoms with van der Waals surface area (Å²) in [5, 5.41) is 2.56. The van der Waals surface area contributed by atoms with Crippen molar-refractivity contribution in [2.24, 2.45) is 5.73 Å². The van der Waals surface area contributed by atoms with E-state index in [1.165, 1.54) is 0 Å². The Morgan fingerprint density at radius 1 is 1.67 bits per heavy atom. The summed E-state index contributed by atoms with van der Waals surface area (Å²) in [7, 11) is 3.43. The molecule has 0 bridgehead atoms. The Balaban J connectivity index is 2.72. The summed E-state index contributed by atoms with van der Waals surface area (Å²) in [6.07, 6.45) is 1.69. The lowest BCUT2D eigenvalue weighted by Crippen LogP contribution is -2.33. The van der Waals surface area contributed by atoms with Gasteiger partial charge in [0.05, 0.1) is 6.54 Å². The van der Waals surface area contributed by atoms with E-state index in [1.54, 1.807) is 18.1 Å². The van der Waals surface area contributed by atoms with Crippen LogP contribution in [0.5, 0.6) is 0 Å². The van der Waals surface area contributed by atoms with Gasteiger partial charge >= 0.3 is 0 Å². The molecule has 1 heterocycles. The molecule has 82 valence electrons. The summed E-state index contributed by atoms with van der Waals surface area (Å²) >= 11 is 0. The summed E-state index contributed by atoms with van der Waals surface area (Å²) in [5.41, 5.74) is 6.52. The highest BCUT2D eigenvalue weighted by Crippen LogP contribution is 2.09. The smallest absolute Gasteiger partial charge is 0.239 e. The van der Waals surface area contributed by atoms with Crippen LogP contribution in [0.3, 0.4) is 0 Å². The van der Waals surface area contributed by atoms with Crippen LogP contribution in [0.15, 0.2) is 18.3 Å². The van der Waals surface area contributed by atoms with Gasteiger partial charge in [0, 0.05) is 26.8 Å². The second-order valence-electron chi connectivity index (χ2n) is 3.26. The van der Waals surface area contributed by atoms with E-state index in [2.05, 4.69) is 10.3 Å². The third kappa shape index (κ3) is 3.21. The largest absolute Gasteiger partial charge is 0.358 e. The fourth-order valence-corrected chi connectivity index (χ4v) is 1.17. The number of amides is 1. The molecule has 0 saturated carbocycles. The van der Waals surface area contributed by atoms with Gasteiger partial charge in [-0.1, -0.05) is 0 Å². The molecule has 0 radical (unpaired) electrons. The number of pyridine rings is 1. The molecule has 0 fully saturated rings. The van der Waals surface area contributed by atoms with E-state index in [0.717, 1.165) is 11.4 Å². The van der Waals surface area contributed by atoms with Gasteiger partial charge < -0.3 is 16.0 Å². The van der Waals surface area contributed by atoms with E-state index in [1.807, 2.05) is 19.2 Å². The van der Waals surface area contributed by atoms with E-state index in [4.69, 9.17) is 5.73 Å². The van der Waals surface area contributed by atoms with Crippen molar-refractivity contribution in [1.29, 1.82) is 0 Å². The number of aromatic nitrogens is 1. The van der Waals surface area contributed by atoms with Crippen molar-refractivity contribution in [2.45, 2.75) is 6.54 Å². The first-order chi connectivity index (χ1) is 7.17. The van der Waals surface area contributed by atoms with Crippen LogP contribution in [0.4, 0.5) is 5.82 Å². The van der Waals surface area contributed by atoms with E-state index in [0.29, 0.717) is 6.54 Å². The number of nitrogens with two attached hydrogens (primary N) is 1. The Morgan fingerprint density at radius 3 is 3.00 bits per heavy atom. The first-order valence-electron chi connectivity index (χ1n) is 4.74. The molecule has 0 unspecified atom stereocenters. The zero-order valence-corrected chi connectivity index (χ0v) is 9.03. The van der Waals surface area contributed by atoms with Gasteiger partial charge in [0.1, 0.15) is 5.82 Å². The van der Waals surface area contributed by atoms with Gasteiger partial charge in [0.2, 0.25) is 5.91 Å². The average molecular weight is 208 g/mol. The van der Waals surface area contributed by atoms with Crippen molar-refractivity contribution in [3.05, 3.63) is 23.9 Å². The number of rotatable bonds is 4. The number of carbonyl (C=O) groups is 1. The van der Waals surface area contributed by atoms with Crippen molar-refractivity contribution >= 4 is 11.7 Å². The normalized spacial score (nSPS) is 9.80. The van der Waals surface area contributed by atoms with Gasteiger partial charge in [-0.25, -0.2) is 4.98 Å². The van der Waals surface area contributed by atoms with Crippen LogP contribution in [-0.4, -0.2) is 31.5 Å². The van der Waals surface area contributed by atoms with Crippen LogP contribution >= 0.6 is 0 Å². The van der Waals surface area contributed by atoms with Crippen molar-refractivity contribution < 1.29 is 4.79 Å². The SMILES string of the molecule is CNC(=O)CN(C)c1cc(CN)ccn1. The third-order valence-corrected chi connectivity index (χ3v) is 2.10. The standard InChI is InChI=1S/C10H16N4O/c1-12-10(15)7-14(2)9-5-8(6-11)3-4-13-9/h3-5H,6-7,11H2,1-2H3,(H,12,15). The number of hydrogen-bond donors (Lipinski definition) is 2. The fraction of sp³-hybridized carbons (Fsp3) is 0.400. The molecule has 5 nitrogen and oxygen atoms in total. The fourth-order valence-electron chi connectivity index (χ4n) is 1.17. The first-order valence-corrected chi connectivity index (χ1v) is 4.74. The number of anilines is 1. The van der Waals surface area contributed by atoms with Gasteiger partial charge in [-0.3, -0.25) is 4.79 Å². The van der Waals surface area contributed by atoms with E-state index in [9.17, 15) is 4.79 Å². The maximum absolute atomic E-state index is 11.1. The second-order valence-corrected chi connectivity index (χ2v) is 3.26. The Labute approximate surface area is 89.3 Å². The van der Waals surface area contributed by atoms with E-state index < -0.39 is 0 Å². The van der Waals surface area contributed by atoms with Gasteiger partial charge in [-0.05, 0) is 17.7 Å². The molecule has 3 N–H and O–H groups in total. The summed E-state index contributed by atoms with van der Waals surface area (Å²) in [4.78, 5) is 17.1. The van der Waals surface area contributed by atoms with Crippen molar-refractivity contribution in [1.82, 2.24) is 10.3 Å². The molecule has 1 aromatic rings. The summed E-state index contributed by atoms with van der Waals surface area (Å²) < 4.78 is 0. The maximum Gasteiger partial charge on any atom is 0.239 e. The average Bonchev–Trinajstić information content (AvgIpc) is 2.28. The quantitative estimate of drug-likeness (QED) is 0.714. The summed E-state index contributed by atoms with van der Waals surface area (Å²) in [5.74, 6) is 0.707. The molecule has 0 aliphatic heterocycles. The molecular formula is C10H16N4O. The molecule has 1 amide bonds. The van der Waals surface area contributed by atoms with Crippen LogP contribution in [0.25, 0.3) is 0 Å². The predicted molar refractivity (Wildman–Crippen MR) is 59.5 cm³/mol. The molecule has 0 atom stereocenters. The minimum Gasteiger partial charge on any atom is -0.358 e. The highest BCUT2D eigenvalue weighted by molar-refractivity contribution is 5.80. The van der Waals surface area contributed by atoms with Crippen molar-refractivity contribution in [3.63, 3.8) is 0 Å². The minimum atomic E-state index is -0.0440. The molecule has 0 aliphatic carbocycles. The van der Waals surface area contributed by atoms with Gasteiger partial charge in [-0.2, -0.15) is 0 Å². The number of hydrogen-bond acceptors (Lipinski definition) is 4. The third-order valence-electron chi connectivity index (χ3n) is 2.10. The molecule has 0 aromatic carbocycles. The molecule has 5 heteroatoms. The van der Waals surface area contributed by atoms with Gasteiger partial charge in [0.25, 0.3) is 0 Å². The molecule has 0 aliphatic rings. The predicted octanol–water partition coefficient (Wildman–Crippen LogP) is -0.277. The Kier molecular flexibility index (Phi) is 4.05. The highest BCUT2D eigenvalue weighted by atomic mass is 16.1. The lowest BCUT2D eigenvalue weighted by atomic mass is 10.2. The lowest BCUT2D eigenvalue weighted by molar-refractivity contribution is -0.119. The van der Waals surface area contributed by atoms with Crippen LogP contribution in [0, 0.1) is 0 Å². The topological polar surface area (TPSA) is 71.2 Å². The Hall–Kier alpha value is -1.62. The Morgan fingerprint density at radius 2 is 2.40 bits per heavy atom. The maximum atomic E-state index is 11.1. The number of carbonyl (C=O) groups excluding carboxylic acids is 1. The zero-order valence-electron chi connectivity index (χ0n) is 9.03. The van der Waals surface area contributed by atoms with Gasteiger partial charge in [-0.15, -0.1) is 0 Å². The molecule has 15 heavy (non-hydrogen) atoms. The summed E-state index contributed by atoms with van der Waals surface area (Å²) in [6.45, 7) is 0.765. The van der Waals surface area contributed by atoms with Crippen molar-refractivity contribution in [2.75, 3.05) is 25.5 Å². The highest BCUT2D eigenvalue weighted by Gasteiger charge is 2.06. The monoisotopic (exact) mass is 208 g/mol. The van der Waals surface area contributed by atoms with E-state index >= 15 is 0 Å². The number of likely N-dealkylation sites (N-methyl/N-ethyl adjacent to an activating group) is 2. The zero-order chi connectivity index (χ0) is 11.3. The molecular weight excluding hydrogens is 192 g/mol. The first kappa shape index (κ1) is 11.5. The molecule has 0 spiro atoms. The number of nitrogens with zero attached hydrogens (tertiary/aromatic N) is 2. The van der Waals surface area contributed by atoms with E-state index in [-0.39, 0.29) is 12.5 Å². The Bertz CT molecular complexity index is 340. The lowest BCUT2D eigenvalue weighted by Gasteiger charge is -2.17.